The zero-order chi connectivity index (χ0) is 19.7. The van der Waals surface area contributed by atoms with Gasteiger partial charge in [-0.15, -0.1) is 0 Å². The number of aryl methyl sites for hydroxylation is 1. The number of esters is 1. The fourth-order valence-electron chi connectivity index (χ4n) is 2.85. The topological polar surface area (TPSA) is 97.0 Å². The van der Waals surface area contributed by atoms with Crippen molar-refractivity contribution in [2.24, 2.45) is 0 Å². The molecule has 1 atom stereocenters. The molecular formula is C20H18N4O3S. The number of H-pyrrole nitrogens is 1. The van der Waals surface area contributed by atoms with Crippen LogP contribution in [0.25, 0.3) is 21.3 Å². The van der Waals surface area contributed by atoms with Gasteiger partial charge in [-0.3, -0.25) is 10.1 Å². The van der Waals surface area contributed by atoms with Gasteiger partial charge in [0.25, 0.3) is 5.91 Å². The van der Waals surface area contributed by atoms with E-state index in [9.17, 15) is 9.59 Å². The molecule has 0 spiro atoms. The molecule has 8 heteroatoms. The Balaban J connectivity index is 1.47. The normalized spacial score (nSPS) is 12.2. The van der Waals surface area contributed by atoms with E-state index < -0.39 is 18.0 Å². The molecule has 0 fully saturated rings. The van der Waals surface area contributed by atoms with Crippen molar-refractivity contribution in [2.45, 2.75) is 26.4 Å². The molecular weight excluding hydrogens is 376 g/mol. The van der Waals surface area contributed by atoms with Crippen LogP contribution in [0.3, 0.4) is 0 Å². The highest BCUT2D eigenvalue weighted by atomic mass is 32.1. The van der Waals surface area contributed by atoms with Crippen LogP contribution < -0.4 is 5.32 Å². The first-order valence-electron chi connectivity index (χ1n) is 8.85. The second-order valence-electron chi connectivity index (χ2n) is 6.42. The lowest BCUT2D eigenvalue weighted by molar-refractivity contribution is -0.124. The molecule has 1 amide bonds. The summed E-state index contributed by atoms with van der Waals surface area (Å²) in [6, 6.07) is 10.9. The first-order chi connectivity index (χ1) is 13.5. The van der Waals surface area contributed by atoms with E-state index in [-0.39, 0.29) is 0 Å². The lowest BCUT2D eigenvalue weighted by Crippen LogP contribution is -2.32. The van der Waals surface area contributed by atoms with E-state index >= 15 is 0 Å². The Morgan fingerprint density at radius 1 is 1.21 bits per heavy atom. The first-order valence-corrected chi connectivity index (χ1v) is 9.67. The minimum absolute atomic E-state index is 0.355. The van der Waals surface area contributed by atoms with E-state index in [0.29, 0.717) is 17.1 Å². The van der Waals surface area contributed by atoms with E-state index in [2.05, 4.69) is 20.3 Å². The van der Waals surface area contributed by atoms with Gasteiger partial charge in [-0.25, -0.2) is 14.8 Å². The molecule has 0 saturated heterocycles. The number of fused-ring (bicyclic) bond motifs is 2. The predicted octanol–water partition coefficient (Wildman–Crippen LogP) is 4.06. The Hall–Kier alpha value is -3.26. The van der Waals surface area contributed by atoms with Crippen molar-refractivity contribution in [3.63, 3.8) is 0 Å². The third kappa shape index (κ3) is 3.59. The van der Waals surface area contributed by atoms with E-state index in [1.54, 1.807) is 31.5 Å². The summed E-state index contributed by atoms with van der Waals surface area (Å²) in [6.07, 6.45) is 1.01. The number of anilines is 1. The number of aromatic amines is 1. The van der Waals surface area contributed by atoms with Gasteiger partial charge in [0.15, 0.2) is 11.2 Å². The summed E-state index contributed by atoms with van der Waals surface area (Å²) in [5.74, 6) is -0.951. The average Bonchev–Trinajstić information content (AvgIpc) is 3.30. The Kier molecular flexibility index (Phi) is 4.79. The van der Waals surface area contributed by atoms with E-state index in [4.69, 9.17) is 4.74 Å². The van der Waals surface area contributed by atoms with Crippen LogP contribution in [0.15, 0.2) is 42.7 Å². The molecule has 0 aliphatic heterocycles. The number of aromatic nitrogens is 3. The number of benzene rings is 2. The van der Waals surface area contributed by atoms with Crippen molar-refractivity contribution in [3.8, 4) is 0 Å². The van der Waals surface area contributed by atoms with Gasteiger partial charge >= 0.3 is 5.97 Å². The Morgan fingerprint density at radius 2 is 2.04 bits per heavy atom. The van der Waals surface area contributed by atoms with E-state index in [1.807, 2.05) is 25.1 Å². The quantitative estimate of drug-likeness (QED) is 0.498. The van der Waals surface area contributed by atoms with Crippen molar-refractivity contribution < 1.29 is 14.3 Å². The molecule has 0 bridgehead atoms. The van der Waals surface area contributed by atoms with Crippen molar-refractivity contribution in [3.05, 3.63) is 53.9 Å². The van der Waals surface area contributed by atoms with Crippen molar-refractivity contribution in [2.75, 3.05) is 5.32 Å². The standard InChI is InChI=1S/C20H18N4O3S/c1-3-16(27-19(26)12-5-7-13-15(9-12)22-10-21-13)18(25)24-20-23-14-6-4-11(2)8-17(14)28-20/h4-10,16H,3H2,1-2H3,(H,21,22)(H,23,24,25). The summed E-state index contributed by atoms with van der Waals surface area (Å²) >= 11 is 1.39. The maximum absolute atomic E-state index is 12.6. The van der Waals surface area contributed by atoms with Crippen LogP contribution in [-0.4, -0.2) is 32.9 Å². The SMILES string of the molecule is CCC(OC(=O)c1ccc2nc[nH]c2c1)C(=O)Nc1nc2ccc(C)cc2s1. The molecule has 2 heterocycles. The minimum atomic E-state index is -0.904. The maximum atomic E-state index is 12.6. The van der Waals surface area contributed by atoms with Crippen LogP contribution in [0.4, 0.5) is 5.13 Å². The Bertz CT molecular complexity index is 1180. The summed E-state index contributed by atoms with van der Waals surface area (Å²) in [5, 5.41) is 3.24. The molecule has 0 saturated carbocycles. The van der Waals surface area contributed by atoms with Crippen LogP contribution >= 0.6 is 11.3 Å². The van der Waals surface area contributed by atoms with Gasteiger partial charge in [-0.1, -0.05) is 24.3 Å². The van der Waals surface area contributed by atoms with Crippen LogP contribution in [-0.2, 0) is 9.53 Å². The number of rotatable bonds is 5. The molecule has 7 nitrogen and oxygen atoms in total. The van der Waals surface area contributed by atoms with E-state index in [0.717, 1.165) is 26.8 Å². The lowest BCUT2D eigenvalue weighted by Gasteiger charge is -2.15. The molecule has 0 aliphatic carbocycles. The number of carbonyl (C=O) groups is 2. The second kappa shape index (κ2) is 7.40. The predicted molar refractivity (Wildman–Crippen MR) is 109 cm³/mol. The first kappa shape index (κ1) is 18.1. The Morgan fingerprint density at radius 3 is 2.86 bits per heavy atom. The zero-order valence-electron chi connectivity index (χ0n) is 15.4. The van der Waals surface area contributed by atoms with Gasteiger partial charge < -0.3 is 9.72 Å². The molecule has 2 aromatic heterocycles. The summed E-state index contributed by atoms with van der Waals surface area (Å²) in [6.45, 7) is 3.79. The van der Waals surface area contributed by atoms with Crippen LogP contribution in [0.2, 0.25) is 0 Å². The summed E-state index contributed by atoms with van der Waals surface area (Å²) < 4.78 is 6.42. The smallest absolute Gasteiger partial charge is 0.338 e. The van der Waals surface area contributed by atoms with Crippen LogP contribution in [0.5, 0.6) is 0 Å². The highest BCUT2D eigenvalue weighted by molar-refractivity contribution is 7.22. The number of thiazole rings is 1. The largest absolute Gasteiger partial charge is 0.449 e. The van der Waals surface area contributed by atoms with E-state index in [1.165, 1.54) is 11.3 Å². The molecule has 2 aromatic carbocycles. The summed E-state index contributed by atoms with van der Waals surface area (Å²) in [4.78, 5) is 36.5. The minimum Gasteiger partial charge on any atom is -0.449 e. The highest BCUT2D eigenvalue weighted by Gasteiger charge is 2.23. The number of hydrogen-bond acceptors (Lipinski definition) is 6. The molecule has 0 radical (unpaired) electrons. The highest BCUT2D eigenvalue weighted by Crippen LogP contribution is 2.27. The third-order valence-electron chi connectivity index (χ3n) is 4.34. The zero-order valence-corrected chi connectivity index (χ0v) is 16.2. The number of amides is 1. The number of nitrogens with one attached hydrogen (secondary N) is 2. The molecule has 4 rings (SSSR count). The second-order valence-corrected chi connectivity index (χ2v) is 7.45. The molecule has 142 valence electrons. The van der Waals surface area contributed by atoms with Gasteiger partial charge in [0.1, 0.15) is 0 Å². The van der Waals surface area contributed by atoms with Crippen LogP contribution in [0.1, 0.15) is 29.3 Å². The fourth-order valence-corrected chi connectivity index (χ4v) is 3.82. The number of carbonyl (C=O) groups excluding carboxylic acids is 2. The van der Waals surface area contributed by atoms with Gasteiger partial charge in [0.2, 0.25) is 0 Å². The van der Waals surface area contributed by atoms with Gasteiger partial charge in [0, 0.05) is 0 Å². The van der Waals surface area contributed by atoms with Crippen LogP contribution in [0, 0.1) is 6.92 Å². The molecule has 28 heavy (non-hydrogen) atoms. The maximum Gasteiger partial charge on any atom is 0.338 e. The third-order valence-corrected chi connectivity index (χ3v) is 5.28. The molecule has 2 N–H and O–H groups in total. The van der Waals surface area contributed by atoms with Crippen molar-refractivity contribution >= 4 is 49.6 Å². The van der Waals surface area contributed by atoms with Gasteiger partial charge in [-0.2, -0.15) is 0 Å². The number of hydrogen-bond donors (Lipinski definition) is 2. The van der Waals surface area contributed by atoms with Gasteiger partial charge in [-0.05, 0) is 49.2 Å². The molecule has 0 aliphatic rings. The number of imidazole rings is 1. The summed E-state index contributed by atoms with van der Waals surface area (Å²) in [7, 11) is 0. The van der Waals surface area contributed by atoms with Crippen molar-refractivity contribution in [1.29, 1.82) is 0 Å². The average molecular weight is 394 g/mol. The van der Waals surface area contributed by atoms with Crippen molar-refractivity contribution in [1.82, 2.24) is 15.0 Å². The Labute approximate surface area is 164 Å². The fraction of sp³-hybridized carbons (Fsp3) is 0.200. The number of ether oxygens (including phenoxy) is 1. The monoisotopic (exact) mass is 394 g/mol. The molecule has 4 aromatic rings. The number of nitrogens with zero attached hydrogens (tertiary/aromatic N) is 2. The van der Waals surface area contributed by atoms with Gasteiger partial charge in [0.05, 0.1) is 33.1 Å². The lowest BCUT2D eigenvalue weighted by atomic mass is 10.2. The summed E-state index contributed by atoms with van der Waals surface area (Å²) in [5.41, 5.74) is 3.80. The molecule has 1 unspecified atom stereocenters.